The standard InChI is InChI=1S/C17H29NO2/c1-7-10-20-16-11-12(2)17(14(4)13(16)3)15(8-9-19)18(5)6/h11,15,19H,7-10H2,1-6H3. The van der Waals surface area contributed by atoms with Crippen LogP contribution in [0.4, 0.5) is 0 Å². The van der Waals surface area contributed by atoms with Crippen LogP contribution in [0.15, 0.2) is 6.07 Å². The number of nitrogens with zero attached hydrogens (tertiary/aromatic N) is 1. The zero-order chi connectivity index (χ0) is 15.3. The van der Waals surface area contributed by atoms with E-state index in [0.29, 0.717) is 0 Å². The van der Waals surface area contributed by atoms with Crippen LogP contribution in [0.2, 0.25) is 0 Å². The molecule has 0 saturated carbocycles. The Bertz CT molecular complexity index is 441. The van der Waals surface area contributed by atoms with Gasteiger partial charge in [0.1, 0.15) is 5.75 Å². The fourth-order valence-electron chi connectivity index (χ4n) is 2.72. The highest BCUT2D eigenvalue weighted by Gasteiger charge is 2.20. The predicted molar refractivity (Wildman–Crippen MR) is 84.6 cm³/mol. The Kier molecular flexibility index (Phi) is 6.50. The summed E-state index contributed by atoms with van der Waals surface area (Å²) in [5.74, 6) is 0.993. The number of rotatable bonds is 7. The minimum Gasteiger partial charge on any atom is -0.493 e. The molecule has 0 amide bonds. The molecule has 0 heterocycles. The molecule has 0 radical (unpaired) electrons. The lowest BCUT2D eigenvalue weighted by Gasteiger charge is -2.29. The minimum absolute atomic E-state index is 0.203. The van der Waals surface area contributed by atoms with E-state index in [1.165, 1.54) is 22.3 Å². The fraction of sp³-hybridized carbons (Fsp3) is 0.647. The molecule has 0 aromatic heterocycles. The van der Waals surface area contributed by atoms with Crippen LogP contribution in [0.3, 0.4) is 0 Å². The number of benzene rings is 1. The van der Waals surface area contributed by atoms with Crippen LogP contribution in [0.5, 0.6) is 5.75 Å². The largest absolute Gasteiger partial charge is 0.493 e. The highest BCUT2D eigenvalue weighted by atomic mass is 16.5. The zero-order valence-corrected chi connectivity index (χ0v) is 13.8. The first kappa shape index (κ1) is 17.0. The summed E-state index contributed by atoms with van der Waals surface area (Å²) in [6.45, 7) is 9.49. The first-order chi connectivity index (χ1) is 9.43. The Morgan fingerprint density at radius 2 is 1.85 bits per heavy atom. The molecule has 0 aliphatic rings. The summed E-state index contributed by atoms with van der Waals surface area (Å²) < 4.78 is 5.84. The van der Waals surface area contributed by atoms with Gasteiger partial charge in [0, 0.05) is 12.6 Å². The Labute approximate surface area is 123 Å². The van der Waals surface area contributed by atoms with Gasteiger partial charge >= 0.3 is 0 Å². The molecule has 0 aliphatic carbocycles. The molecule has 3 heteroatoms. The van der Waals surface area contributed by atoms with E-state index >= 15 is 0 Å². The average molecular weight is 279 g/mol. The van der Waals surface area contributed by atoms with E-state index in [1.807, 2.05) is 0 Å². The molecule has 0 saturated heterocycles. The summed E-state index contributed by atoms with van der Waals surface area (Å²) in [6, 6.07) is 2.39. The van der Waals surface area contributed by atoms with Crippen molar-refractivity contribution >= 4 is 0 Å². The number of aliphatic hydroxyl groups excluding tert-OH is 1. The Hall–Kier alpha value is -1.06. The van der Waals surface area contributed by atoms with Crippen molar-refractivity contribution < 1.29 is 9.84 Å². The van der Waals surface area contributed by atoms with E-state index in [4.69, 9.17) is 4.74 Å². The second-order valence-electron chi connectivity index (χ2n) is 5.70. The molecule has 1 unspecified atom stereocenters. The van der Waals surface area contributed by atoms with Crippen molar-refractivity contribution in [2.24, 2.45) is 0 Å². The highest BCUT2D eigenvalue weighted by Crippen LogP contribution is 2.34. The zero-order valence-electron chi connectivity index (χ0n) is 13.8. The molecular formula is C17H29NO2. The molecule has 1 N–H and O–H groups in total. The Morgan fingerprint density at radius 1 is 1.20 bits per heavy atom. The second-order valence-corrected chi connectivity index (χ2v) is 5.70. The van der Waals surface area contributed by atoms with Crippen molar-refractivity contribution in [2.75, 3.05) is 27.3 Å². The summed E-state index contributed by atoms with van der Waals surface area (Å²) >= 11 is 0. The van der Waals surface area contributed by atoms with E-state index in [9.17, 15) is 5.11 Å². The first-order valence-electron chi connectivity index (χ1n) is 7.44. The van der Waals surface area contributed by atoms with Crippen LogP contribution in [0.1, 0.15) is 48.1 Å². The molecule has 1 rings (SSSR count). The van der Waals surface area contributed by atoms with Gasteiger partial charge < -0.3 is 14.7 Å². The Morgan fingerprint density at radius 3 is 2.35 bits per heavy atom. The maximum absolute atomic E-state index is 9.32. The summed E-state index contributed by atoms with van der Waals surface area (Å²) in [5.41, 5.74) is 5.06. The van der Waals surface area contributed by atoms with Crippen LogP contribution >= 0.6 is 0 Å². The number of ether oxygens (including phenoxy) is 1. The fourth-order valence-corrected chi connectivity index (χ4v) is 2.72. The van der Waals surface area contributed by atoms with Gasteiger partial charge in [-0.3, -0.25) is 0 Å². The predicted octanol–water partition coefficient (Wildman–Crippen LogP) is 3.39. The van der Waals surface area contributed by atoms with Crippen molar-refractivity contribution in [2.45, 2.75) is 46.6 Å². The molecular weight excluding hydrogens is 250 g/mol. The third-order valence-electron chi connectivity index (χ3n) is 3.93. The lowest BCUT2D eigenvalue weighted by atomic mass is 9.90. The third-order valence-corrected chi connectivity index (χ3v) is 3.93. The monoisotopic (exact) mass is 279 g/mol. The van der Waals surface area contributed by atoms with Gasteiger partial charge in [0.05, 0.1) is 6.61 Å². The van der Waals surface area contributed by atoms with Crippen molar-refractivity contribution in [1.29, 1.82) is 0 Å². The quantitative estimate of drug-likeness (QED) is 0.830. The maximum Gasteiger partial charge on any atom is 0.122 e. The molecule has 20 heavy (non-hydrogen) atoms. The summed E-state index contributed by atoms with van der Waals surface area (Å²) in [6.07, 6.45) is 1.77. The molecule has 0 fully saturated rings. The van der Waals surface area contributed by atoms with Gasteiger partial charge in [-0.05, 0) is 76.0 Å². The smallest absolute Gasteiger partial charge is 0.122 e. The van der Waals surface area contributed by atoms with Crippen LogP contribution in [0, 0.1) is 20.8 Å². The van der Waals surface area contributed by atoms with Gasteiger partial charge in [-0.25, -0.2) is 0 Å². The van der Waals surface area contributed by atoms with Gasteiger partial charge in [-0.2, -0.15) is 0 Å². The number of hydrogen-bond acceptors (Lipinski definition) is 3. The van der Waals surface area contributed by atoms with E-state index in [1.54, 1.807) is 0 Å². The molecule has 1 atom stereocenters. The van der Waals surface area contributed by atoms with E-state index in [-0.39, 0.29) is 12.6 Å². The molecule has 114 valence electrons. The SMILES string of the molecule is CCCOc1cc(C)c(C(CCO)N(C)C)c(C)c1C. The summed E-state index contributed by atoms with van der Waals surface area (Å²) in [7, 11) is 4.13. The van der Waals surface area contributed by atoms with Gasteiger partial charge in [0.25, 0.3) is 0 Å². The van der Waals surface area contributed by atoms with E-state index in [2.05, 4.69) is 52.8 Å². The Balaban J connectivity index is 3.24. The normalized spacial score (nSPS) is 12.8. The van der Waals surface area contributed by atoms with Crippen LogP contribution in [0.25, 0.3) is 0 Å². The summed E-state index contributed by atoms with van der Waals surface area (Å²) in [5, 5.41) is 9.32. The molecule has 1 aromatic rings. The molecule has 3 nitrogen and oxygen atoms in total. The van der Waals surface area contributed by atoms with Crippen molar-refractivity contribution in [1.82, 2.24) is 4.90 Å². The van der Waals surface area contributed by atoms with Gasteiger partial charge in [0.15, 0.2) is 0 Å². The van der Waals surface area contributed by atoms with Crippen LogP contribution in [-0.2, 0) is 0 Å². The molecule has 0 bridgehead atoms. The van der Waals surface area contributed by atoms with E-state index in [0.717, 1.165) is 25.2 Å². The van der Waals surface area contributed by atoms with Gasteiger partial charge in [0.2, 0.25) is 0 Å². The number of aliphatic hydroxyl groups is 1. The van der Waals surface area contributed by atoms with Crippen molar-refractivity contribution in [3.8, 4) is 5.75 Å². The van der Waals surface area contributed by atoms with E-state index < -0.39 is 0 Å². The van der Waals surface area contributed by atoms with Crippen molar-refractivity contribution in [3.05, 3.63) is 28.3 Å². The number of hydrogen-bond donors (Lipinski definition) is 1. The van der Waals surface area contributed by atoms with Crippen LogP contribution < -0.4 is 4.74 Å². The lowest BCUT2D eigenvalue weighted by molar-refractivity contribution is 0.209. The van der Waals surface area contributed by atoms with Gasteiger partial charge in [-0.1, -0.05) is 6.92 Å². The average Bonchev–Trinajstić information content (AvgIpc) is 2.40. The van der Waals surface area contributed by atoms with Crippen LogP contribution in [-0.4, -0.2) is 37.3 Å². The third kappa shape index (κ3) is 3.74. The lowest BCUT2D eigenvalue weighted by Crippen LogP contribution is -2.23. The number of aryl methyl sites for hydroxylation is 1. The second kappa shape index (κ2) is 7.65. The molecule has 0 aliphatic heterocycles. The first-order valence-corrected chi connectivity index (χ1v) is 7.44. The van der Waals surface area contributed by atoms with Gasteiger partial charge in [-0.15, -0.1) is 0 Å². The minimum atomic E-state index is 0.203. The summed E-state index contributed by atoms with van der Waals surface area (Å²) in [4.78, 5) is 2.18. The topological polar surface area (TPSA) is 32.7 Å². The molecule has 0 spiro atoms. The molecule has 1 aromatic carbocycles. The highest BCUT2D eigenvalue weighted by molar-refractivity contribution is 5.49. The maximum atomic E-state index is 9.32. The van der Waals surface area contributed by atoms with Crippen molar-refractivity contribution in [3.63, 3.8) is 0 Å².